The number of carboxylic acids is 1. The molecule has 2 heterocycles. The number of carbonyl (C=O) groups is 3. The number of amides is 1. The van der Waals surface area contributed by atoms with Crippen molar-refractivity contribution in [2.24, 2.45) is 0 Å². The van der Waals surface area contributed by atoms with Crippen LogP contribution in [0.2, 0.25) is 0 Å². The third kappa shape index (κ3) is 3.77. The highest BCUT2D eigenvalue weighted by Crippen LogP contribution is 2.34. The second-order valence-corrected chi connectivity index (χ2v) is 6.77. The number of anilines is 1. The summed E-state index contributed by atoms with van der Waals surface area (Å²) >= 11 is 1.29. The number of ether oxygens (including phenoxy) is 1. The lowest BCUT2D eigenvalue weighted by Gasteiger charge is -2.12. The van der Waals surface area contributed by atoms with Gasteiger partial charge in [0.2, 0.25) is 0 Å². The van der Waals surface area contributed by atoms with Gasteiger partial charge in [-0.05, 0) is 38.8 Å². The molecule has 8 nitrogen and oxygen atoms in total. The molecule has 0 bridgehead atoms. The number of carboxylic acid groups (broad SMARTS) is 1. The number of aliphatic carboxylic acids is 1. The Morgan fingerprint density at radius 2 is 2.08 bits per heavy atom. The molecule has 1 unspecified atom stereocenters. The van der Waals surface area contributed by atoms with Crippen molar-refractivity contribution in [2.75, 3.05) is 11.9 Å². The summed E-state index contributed by atoms with van der Waals surface area (Å²) in [5.74, 6) is -2.13. The minimum Gasteiger partial charge on any atom is -0.480 e. The van der Waals surface area contributed by atoms with Crippen molar-refractivity contribution in [3.8, 4) is 0 Å². The van der Waals surface area contributed by atoms with Crippen LogP contribution in [0.25, 0.3) is 0 Å². The van der Waals surface area contributed by atoms with E-state index in [-0.39, 0.29) is 12.3 Å². The molecule has 0 aliphatic carbocycles. The molecule has 0 saturated carbocycles. The van der Waals surface area contributed by atoms with Crippen LogP contribution in [0, 0.1) is 6.92 Å². The van der Waals surface area contributed by atoms with Crippen LogP contribution < -0.4 is 5.32 Å². The van der Waals surface area contributed by atoms with Gasteiger partial charge < -0.3 is 15.2 Å². The molecular weight excluding hydrogens is 358 g/mol. The summed E-state index contributed by atoms with van der Waals surface area (Å²) < 4.78 is 6.24. The minimum absolute atomic E-state index is 0.0961. The predicted octanol–water partition coefficient (Wildman–Crippen LogP) is 2.89. The van der Waals surface area contributed by atoms with E-state index < -0.39 is 23.9 Å². The summed E-state index contributed by atoms with van der Waals surface area (Å²) in [5.41, 5.74) is 1.28. The van der Waals surface area contributed by atoms with Crippen molar-refractivity contribution in [3.63, 3.8) is 0 Å². The Labute approximate surface area is 154 Å². The van der Waals surface area contributed by atoms with Gasteiger partial charge in [0, 0.05) is 11.1 Å². The molecule has 0 radical (unpaired) electrons. The molecule has 0 saturated heterocycles. The summed E-state index contributed by atoms with van der Waals surface area (Å²) in [5, 5.41) is 16.2. The van der Waals surface area contributed by atoms with Crippen LogP contribution >= 0.6 is 11.3 Å². The van der Waals surface area contributed by atoms with Gasteiger partial charge in [-0.3, -0.25) is 4.79 Å². The first kappa shape index (κ1) is 19.6. The van der Waals surface area contributed by atoms with Gasteiger partial charge in [0.05, 0.1) is 12.2 Å². The quantitative estimate of drug-likeness (QED) is 0.716. The average Bonchev–Trinajstić information content (AvgIpc) is 3.18. The Bertz CT molecular complexity index is 840. The number of nitrogens with one attached hydrogen (secondary N) is 1. The molecule has 2 N–H and O–H groups in total. The fraction of sp³-hybridized carbons (Fsp3) is 0.412. The molecule has 2 rings (SSSR count). The maximum Gasteiger partial charge on any atom is 0.341 e. The molecule has 140 valence electrons. The van der Waals surface area contributed by atoms with Crippen LogP contribution in [-0.2, 0) is 16.0 Å². The highest BCUT2D eigenvalue weighted by molar-refractivity contribution is 7.16. The summed E-state index contributed by atoms with van der Waals surface area (Å²) in [4.78, 5) is 37.1. The molecule has 1 amide bonds. The first-order chi connectivity index (χ1) is 12.3. The number of hydrogen-bond donors (Lipinski definition) is 2. The standard InChI is InChI=1S/C17H21N3O5S/c1-5-11-10(4)26-15(13(11)17(24)25-6-2)19-14(21)12-7-8-18-20(12)9(3)16(22)23/h7-9H,5-6H2,1-4H3,(H,19,21)(H,22,23). The van der Waals surface area contributed by atoms with E-state index in [4.69, 9.17) is 9.84 Å². The van der Waals surface area contributed by atoms with E-state index in [0.29, 0.717) is 17.0 Å². The first-order valence-corrected chi connectivity index (χ1v) is 9.00. The third-order valence-electron chi connectivity index (χ3n) is 3.90. The number of hydrogen-bond acceptors (Lipinski definition) is 6. The molecule has 26 heavy (non-hydrogen) atoms. The SMILES string of the molecule is CCOC(=O)c1c(NC(=O)c2ccnn2C(C)C(=O)O)sc(C)c1CC. The number of esters is 1. The summed E-state index contributed by atoms with van der Waals surface area (Å²) in [6, 6.07) is 0.437. The highest BCUT2D eigenvalue weighted by Gasteiger charge is 2.26. The monoisotopic (exact) mass is 379 g/mol. The summed E-state index contributed by atoms with van der Waals surface area (Å²) in [6.45, 7) is 7.17. The lowest BCUT2D eigenvalue weighted by Crippen LogP contribution is -2.24. The number of carbonyl (C=O) groups excluding carboxylic acids is 2. The zero-order valence-electron chi connectivity index (χ0n) is 15.0. The van der Waals surface area contributed by atoms with E-state index in [0.717, 1.165) is 15.1 Å². The van der Waals surface area contributed by atoms with E-state index in [9.17, 15) is 14.4 Å². The lowest BCUT2D eigenvalue weighted by molar-refractivity contribution is -0.140. The smallest absolute Gasteiger partial charge is 0.341 e. The predicted molar refractivity (Wildman–Crippen MR) is 96.9 cm³/mol. The van der Waals surface area contributed by atoms with Gasteiger partial charge in [-0.1, -0.05) is 6.92 Å². The van der Waals surface area contributed by atoms with Crippen molar-refractivity contribution in [1.29, 1.82) is 0 Å². The molecule has 0 aliphatic heterocycles. The topological polar surface area (TPSA) is 111 Å². The second kappa shape index (κ2) is 8.13. The van der Waals surface area contributed by atoms with E-state index in [1.807, 2.05) is 13.8 Å². The maximum absolute atomic E-state index is 12.7. The number of nitrogens with zero attached hydrogens (tertiary/aromatic N) is 2. The molecule has 9 heteroatoms. The molecule has 0 aliphatic rings. The largest absolute Gasteiger partial charge is 0.480 e. The van der Waals surface area contributed by atoms with Crippen molar-refractivity contribution >= 4 is 34.2 Å². The zero-order valence-corrected chi connectivity index (χ0v) is 15.8. The van der Waals surface area contributed by atoms with Gasteiger partial charge in [-0.25, -0.2) is 14.3 Å². The maximum atomic E-state index is 12.7. The van der Waals surface area contributed by atoms with E-state index in [1.165, 1.54) is 30.5 Å². The van der Waals surface area contributed by atoms with Crippen LogP contribution in [0.15, 0.2) is 12.3 Å². The van der Waals surface area contributed by atoms with Crippen LogP contribution in [0.3, 0.4) is 0 Å². The minimum atomic E-state index is -1.10. The Kier molecular flexibility index (Phi) is 6.14. The number of rotatable bonds is 7. The third-order valence-corrected chi connectivity index (χ3v) is 4.96. The summed E-state index contributed by atoms with van der Waals surface area (Å²) in [6.07, 6.45) is 1.98. The normalized spacial score (nSPS) is 11.8. The Hall–Kier alpha value is -2.68. The lowest BCUT2D eigenvalue weighted by atomic mass is 10.1. The van der Waals surface area contributed by atoms with Crippen molar-refractivity contribution in [1.82, 2.24) is 9.78 Å². The van der Waals surface area contributed by atoms with Crippen LogP contribution in [0.1, 0.15) is 58.1 Å². The Balaban J connectivity index is 2.38. The van der Waals surface area contributed by atoms with Gasteiger partial charge in [0.25, 0.3) is 5.91 Å². The molecule has 1 atom stereocenters. The summed E-state index contributed by atoms with van der Waals surface area (Å²) in [7, 11) is 0. The second-order valence-electron chi connectivity index (χ2n) is 5.54. The van der Waals surface area contributed by atoms with Gasteiger partial charge in [-0.2, -0.15) is 5.10 Å². The van der Waals surface area contributed by atoms with E-state index >= 15 is 0 Å². The van der Waals surface area contributed by atoms with Crippen molar-refractivity contribution < 1.29 is 24.2 Å². The molecule has 2 aromatic heterocycles. The fourth-order valence-corrected chi connectivity index (χ4v) is 3.71. The van der Waals surface area contributed by atoms with Gasteiger partial charge in [-0.15, -0.1) is 11.3 Å². The highest BCUT2D eigenvalue weighted by atomic mass is 32.1. The number of thiophene rings is 1. The van der Waals surface area contributed by atoms with Crippen molar-refractivity contribution in [3.05, 3.63) is 34.0 Å². The van der Waals surface area contributed by atoms with E-state index in [2.05, 4.69) is 10.4 Å². The number of aromatic nitrogens is 2. The van der Waals surface area contributed by atoms with Crippen LogP contribution in [0.4, 0.5) is 5.00 Å². The van der Waals surface area contributed by atoms with Crippen LogP contribution in [-0.4, -0.2) is 39.3 Å². The molecule has 0 aromatic carbocycles. The molecule has 2 aromatic rings. The van der Waals surface area contributed by atoms with Gasteiger partial charge in [0.1, 0.15) is 16.7 Å². The zero-order chi connectivity index (χ0) is 19.4. The average molecular weight is 379 g/mol. The van der Waals surface area contributed by atoms with Gasteiger partial charge >= 0.3 is 11.9 Å². The van der Waals surface area contributed by atoms with Crippen molar-refractivity contribution in [2.45, 2.75) is 40.2 Å². The molecule has 0 spiro atoms. The van der Waals surface area contributed by atoms with E-state index in [1.54, 1.807) is 6.92 Å². The van der Waals surface area contributed by atoms with Crippen LogP contribution in [0.5, 0.6) is 0 Å². The van der Waals surface area contributed by atoms with Gasteiger partial charge in [0.15, 0.2) is 0 Å². The fourth-order valence-electron chi connectivity index (χ4n) is 2.59. The number of aryl methyl sites for hydroxylation is 1. The molecular formula is C17H21N3O5S. The molecule has 0 fully saturated rings. The Morgan fingerprint density at radius 3 is 2.65 bits per heavy atom. The Morgan fingerprint density at radius 1 is 1.38 bits per heavy atom. The first-order valence-electron chi connectivity index (χ1n) is 8.18.